The van der Waals surface area contributed by atoms with E-state index in [1.54, 1.807) is 11.3 Å². The molecular weight excluding hydrogens is 366 g/mol. The molecule has 0 aliphatic heterocycles. The highest BCUT2D eigenvalue weighted by molar-refractivity contribution is 7.21. The lowest BCUT2D eigenvalue weighted by Gasteiger charge is -2.06. The number of aromatic nitrogens is 2. The van der Waals surface area contributed by atoms with Crippen LogP contribution in [0.2, 0.25) is 0 Å². The summed E-state index contributed by atoms with van der Waals surface area (Å²) in [5.74, 6) is -0.125. The van der Waals surface area contributed by atoms with Gasteiger partial charge in [-0.25, -0.2) is 4.98 Å². The van der Waals surface area contributed by atoms with Crippen LogP contribution >= 0.6 is 11.3 Å². The van der Waals surface area contributed by atoms with Crippen LogP contribution in [0.4, 0.5) is 5.69 Å². The van der Waals surface area contributed by atoms with Crippen molar-refractivity contribution in [2.45, 2.75) is 6.92 Å². The molecule has 4 nitrogen and oxygen atoms in total. The molecule has 2 aromatic heterocycles. The molecule has 0 spiro atoms. The van der Waals surface area contributed by atoms with Gasteiger partial charge in [0.15, 0.2) is 0 Å². The molecule has 0 saturated heterocycles. The van der Waals surface area contributed by atoms with Crippen LogP contribution < -0.4 is 5.32 Å². The number of nitrogens with one attached hydrogen (secondary N) is 2. The lowest BCUT2D eigenvalue weighted by atomic mass is 10.1. The minimum absolute atomic E-state index is 0.125. The Morgan fingerprint density at radius 1 is 1.00 bits per heavy atom. The van der Waals surface area contributed by atoms with Crippen molar-refractivity contribution in [3.05, 3.63) is 84.1 Å². The van der Waals surface area contributed by atoms with Gasteiger partial charge in [0.05, 0.1) is 10.2 Å². The van der Waals surface area contributed by atoms with Gasteiger partial charge >= 0.3 is 0 Å². The zero-order chi connectivity index (χ0) is 19.1. The first kappa shape index (κ1) is 16.7. The summed E-state index contributed by atoms with van der Waals surface area (Å²) in [4.78, 5) is 20.4. The van der Waals surface area contributed by atoms with E-state index in [1.165, 1.54) is 10.3 Å². The van der Waals surface area contributed by atoms with E-state index in [9.17, 15) is 4.79 Å². The minimum atomic E-state index is -0.125. The number of hydrogen-bond donors (Lipinski definition) is 2. The number of aryl methyl sites for hydroxylation is 1. The van der Waals surface area contributed by atoms with Crippen LogP contribution in [0.3, 0.4) is 0 Å². The van der Waals surface area contributed by atoms with E-state index in [2.05, 4.69) is 35.4 Å². The van der Waals surface area contributed by atoms with Gasteiger partial charge < -0.3 is 10.3 Å². The molecule has 1 amide bonds. The van der Waals surface area contributed by atoms with Gasteiger partial charge in [0.25, 0.3) is 5.91 Å². The molecule has 0 atom stereocenters. The van der Waals surface area contributed by atoms with Crippen molar-refractivity contribution in [1.29, 1.82) is 0 Å². The van der Waals surface area contributed by atoms with Gasteiger partial charge in [-0.15, -0.1) is 11.3 Å². The van der Waals surface area contributed by atoms with E-state index < -0.39 is 0 Å². The first-order valence-electron chi connectivity index (χ1n) is 9.02. The van der Waals surface area contributed by atoms with E-state index in [-0.39, 0.29) is 5.91 Å². The first-order chi connectivity index (χ1) is 13.7. The fourth-order valence-corrected chi connectivity index (χ4v) is 4.31. The van der Waals surface area contributed by atoms with E-state index in [0.29, 0.717) is 5.56 Å². The Bertz CT molecular complexity index is 1310. The molecule has 0 saturated carbocycles. The number of benzene rings is 3. The van der Waals surface area contributed by atoms with Crippen molar-refractivity contribution >= 4 is 44.1 Å². The van der Waals surface area contributed by atoms with Gasteiger partial charge in [0.2, 0.25) is 0 Å². The van der Waals surface area contributed by atoms with Crippen molar-refractivity contribution in [3.8, 4) is 10.6 Å². The van der Waals surface area contributed by atoms with Crippen LogP contribution in [0.1, 0.15) is 15.9 Å². The van der Waals surface area contributed by atoms with Crippen LogP contribution in [0.15, 0.2) is 72.9 Å². The number of carbonyl (C=O) groups is 1. The molecule has 0 radical (unpaired) electrons. The number of carbonyl (C=O) groups excluding carboxylic acids is 1. The topological polar surface area (TPSA) is 57.8 Å². The van der Waals surface area contributed by atoms with Gasteiger partial charge in [0, 0.05) is 28.5 Å². The largest absolute Gasteiger partial charge is 0.361 e. The van der Waals surface area contributed by atoms with Crippen molar-refractivity contribution in [2.75, 3.05) is 5.32 Å². The fourth-order valence-electron chi connectivity index (χ4n) is 3.24. The van der Waals surface area contributed by atoms with Crippen LogP contribution in [0.25, 0.3) is 31.7 Å². The normalized spacial score (nSPS) is 11.2. The lowest BCUT2D eigenvalue weighted by molar-refractivity contribution is 0.102. The second-order valence-corrected chi connectivity index (χ2v) is 7.83. The summed E-state index contributed by atoms with van der Waals surface area (Å²) >= 11 is 1.68. The Morgan fingerprint density at radius 2 is 1.86 bits per heavy atom. The monoisotopic (exact) mass is 383 g/mol. The summed E-state index contributed by atoms with van der Waals surface area (Å²) in [7, 11) is 0. The number of H-pyrrole nitrogens is 1. The van der Waals surface area contributed by atoms with Crippen LogP contribution in [0.5, 0.6) is 0 Å². The van der Waals surface area contributed by atoms with Crippen molar-refractivity contribution in [2.24, 2.45) is 0 Å². The third-order valence-electron chi connectivity index (χ3n) is 4.75. The second-order valence-electron chi connectivity index (χ2n) is 6.80. The number of fused-ring (bicyclic) bond motifs is 2. The molecule has 28 heavy (non-hydrogen) atoms. The predicted molar refractivity (Wildman–Crippen MR) is 116 cm³/mol. The Hall–Kier alpha value is -3.44. The maximum absolute atomic E-state index is 12.5. The number of aromatic amines is 1. The number of nitrogens with zero attached hydrogens (tertiary/aromatic N) is 1. The Balaban J connectivity index is 1.37. The Kier molecular flexibility index (Phi) is 3.95. The molecule has 2 N–H and O–H groups in total. The molecule has 5 rings (SSSR count). The summed E-state index contributed by atoms with van der Waals surface area (Å²) in [6.07, 6.45) is 1.87. The average molecular weight is 383 g/mol. The highest BCUT2D eigenvalue weighted by atomic mass is 32.1. The van der Waals surface area contributed by atoms with Crippen molar-refractivity contribution in [1.82, 2.24) is 9.97 Å². The third kappa shape index (κ3) is 3.06. The summed E-state index contributed by atoms with van der Waals surface area (Å²) in [6, 6.07) is 21.7. The van der Waals surface area contributed by atoms with E-state index in [0.717, 1.165) is 32.7 Å². The number of thiazole rings is 1. The molecule has 0 fully saturated rings. The number of hydrogen-bond acceptors (Lipinski definition) is 3. The molecular formula is C23H17N3OS. The Labute approximate surface area is 165 Å². The van der Waals surface area contributed by atoms with E-state index in [4.69, 9.17) is 4.98 Å². The lowest BCUT2D eigenvalue weighted by Crippen LogP contribution is -2.11. The van der Waals surface area contributed by atoms with Gasteiger partial charge in [-0.2, -0.15) is 0 Å². The smallest absolute Gasteiger partial charge is 0.255 e. The molecule has 0 bridgehead atoms. The number of anilines is 1. The van der Waals surface area contributed by atoms with E-state index >= 15 is 0 Å². The molecule has 136 valence electrons. The minimum Gasteiger partial charge on any atom is -0.361 e. The number of rotatable bonds is 3. The van der Waals surface area contributed by atoms with Crippen LogP contribution in [-0.2, 0) is 0 Å². The van der Waals surface area contributed by atoms with E-state index in [1.807, 2.05) is 54.7 Å². The maximum Gasteiger partial charge on any atom is 0.255 e. The molecule has 0 unspecified atom stereocenters. The quantitative estimate of drug-likeness (QED) is 0.401. The summed E-state index contributed by atoms with van der Waals surface area (Å²) < 4.78 is 1.19. The second kappa shape index (κ2) is 6.62. The fraction of sp³-hybridized carbons (Fsp3) is 0.0435. The maximum atomic E-state index is 12.5. The summed E-state index contributed by atoms with van der Waals surface area (Å²) in [6.45, 7) is 2.09. The predicted octanol–water partition coefficient (Wildman–Crippen LogP) is 6.01. The zero-order valence-electron chi connectivity index (χ0n) is 15.2. The zero-order valence-corrected chi connectivity index (χ0v) is 16.0. The molecule has 5 heteroatoms. The standard InChI is InChI=1S/C23H17N3OS/c1-14-2-9-19-21(12-14)28-23(26-19)16-5-7-18(8-6-16)25-22(27)17-4-3-15-10-11-24-20(15)13-17/h2-13,24H,1H3,(H,25,27). The number of amides is 1. The summed E-state index contributed by atoms with van der Waals surface area (Å²) in [5.41, 5.74) is 5.64. The highest BCUT2D eigenvalue weighted by Crippen LogP contribution is 2.31. The SMILES string of the molecule is Cc1ccc2nc(-c3ccc(NC(=O)c4ccc5cc[nH]c5c4)cc3)sc2c1. The first-order valence-corrected chi connectivity index (χ1v) is 9.83. The Morgan fingerprint density at radius 3 is 2.71 bits per heavy atom. The molecule has 0 aliphatic rings. The third-order valence-corrected chi connectivity index (χ3v) is 5.82. The van der Waals surface area contributed by atoms with Gasteiger partial charge in [-0.3, -0.25) is 4.79 Å². The van der Waals surface area contributed by atoms with Gasteiger partial charge in [-0.1, -0.05) is 12.1 Å². The average Bonchev–Trinajstić information content (AvgIpc) is 3.34. The summed E-state index contributed by atoms with van der Waals surface area (Å²) in [5, 5.41) is 5.03. The molecule has 5 aromatic rings. The molecule has 0 aliphatic carbocycles. The van der Waals surface area contributed by atoms with Gasteiger partial charge in [0.1, 0.15) is 5.01 Å². The van der Waals surface area contributed by atoms with Crippen LogP contribution in [-0.4, -0.2) is 15.9 Å². The van der Waals surface area contributed by atoms with Crippen molar-refractivity contribution in [3.63, 3.8) is 0 Å². The van der Waals surface area contributed by atoms with Crippen LogP contribution in [0, 0.1) is 6.92 Å². The van der Waals surface area contributed by atoms with Crippen molar-refractivity contribution < 1.29 is 4.79 Å². The molecule has 2 heterocycles. The molecule has 3 aromatic carbocycles. The highest BCUT2D eigenvalue weighted by Gasteiger charge is 2.09. The van der Waals surface area contributed by atoms with Gasteiger partial charge in [-0.05, 0) is 72.5 Å².